The van der Waals surface area contributed by atoms with E-state index in [-0.39, 0.29) is 23.9 Å². The molecule has 126 valence electrons. The molecule has 2 aromatic carbocycles. The van der Waals surface area contributed by atoms with Gasteiger partial charge in [-0.05, 0) is 30.2 Å². The van der Waals surface area contributed by atoms with Crippen molar-refractivity contribution in [3.05, 3.63) is 65.2 Å². The maximum absolute atomic E-state index is 12.7. The second kappa shape index (κ2) is 5.72. The molecule has 1 fully saturated rings. The van der Waals surface area contributed by atoms with Crippen molar-refractivity contribution in [3.8, 4) is 0 Å². The summed E-state index contributed by atoms with van der Waals surface area (Å²) in [4.78, 5) is 14.3. The van der Waals surface area contributed by atoms with Gasteiger partial charge in [-0.1, -0.05) is 36.4 Å². The summed E-state index contributed by atoms with van der Waals surface area (Å²) in [5.74, 6) is -0.265. The lowest BCUT2D eigenvalue weighted by atomic mass is 9.85. The normalized spacial score (nSPS) is 16.5. The standard InChI is InChI=1S/C18H19NO4S/c1-13-8-9-15(24(2,22)23)10-16(13)17(20)19-11-18(21,12-19)14-6-4-3-5-7-14/h3-10,21H,11-12H2,1-2H3. The Balaban J connectivity index is 1.83. The van der Waals surface area contributed by atoms with Gasteiger partial charge < -0.3 is 10.0 Å². The van der Waals surface area contributed by atoms with E-state index < -0.39 is 15.4 Å². The van der Waals surface area contributed by atoms with Crippen molar-refractivity contribution < 1.29 is 18.3 Å². The first-order chi connectivity index (χ1) is 11.2. The summed E-state index contributed by atoms with van der Waals surface area (Å²) in [5, 5.41) is 10.6. The lowest BCUT2D eigenvalue weighted by Crippen LogP contribution is -2.61. The zero-order chi connectivity index (χ0) is 17.5. The molecule has 0 saturated carbocycles. The van der Waals surface area contributed by atoms with E-state index in [9.17, 15) is 18.3 Å². The Morgan fingerprint density at radius 2 is 1.75 bits per heavy atom. The Morgan fingerprint density at radius 3 is 2.33 bits per heavy atom. The molecule has 5 nitrogen and oxygen atoms in total. The zero-order valence-electron chi connectivity index (χ0n) is 13.6. The molecule has 1 aliphatic rings. The Labute approximate surface area is 141 Å². The molecule has 0 spiro atoms. The van der Waals surface area contributed by atoms with E-state index >= 15 is 0 Å². The van der Waals surface area contributed by atoms with Crippen molar-refractivity contribution in [1.82, 2.24) is 4.90 Å². The van der Waals surface area contributed by atoms with Crippen LogP contribution in [0.3, 0.4) is 0 Å². The van der Waals surface area contributed by atoms with Crippen molar-refractivity contribution in [2.75, 3.05) is 19.3 Å². The van der Waals surface area contributed by atoms with Gasteiger partial charge in [0.05, 0.1) is 18.0 Å². The van der Waals surface area contributed by atoms with Gasteiger partial charge in [-0.25, -0.2) is 8.42 Å². The van der Waals surface area contributed by atoms with Crippen LogP contribution in [0.2, 0.25) is 0 Å². The van der Waals surface area contributed by atoms with Gasteiger partial charge in [-0.2, -0.15) is 0 Å². The molecule has 6 heteroatoms. The van der Waals surface area contributed by atoms with Gasteiger partial charge in [0.2, 0.25) is 0 Å². The molecule has 0 aliphatic carbocycles. The molecular formula is C18H19NO4S. The van der Waals surface area contributed by atoms with Crippen LogP contribution in [-0.2, 0) is 15.4 Å². The van der Waals surface area contributed by atoms with Crippen LogP contribution in [0.4, 0.5) is 0 Å². The number of hydrogen-bond donors (Lipinski definition) is 1. The van der Waals surface area contributed by atoms with E-state index in [0.29, 0.717) is 11.1 Å². The fourth-order valence-corrected chi connectivity index (χ4v) is 3.54. The number of likely N-dealkylation sites (tertiary alicyclic amines) is 1. The lowest BCUT2D eigenvalue weighted by Gasteiger charge is -2.46. The molecule has 24 heavy (non-hydrogen) atoms. The van der Waals surface area contributed by atoms with Crippen LogP contribution in [0.1, 0.15) is 21.5 Å². The van der Waals surface area contributed by atoms with Gasteiger partial charge in [-0.3, -0.25) is 4.79 Å². The van der Waals surface area contributed by atoms with Crippen molar-refractivity contribution in [3.63, 3.8) is 0 Å². The number of benzene rings is 2. The summed E-state index contributed by atoms with van der Waals surface area (Å²) < 4.78 is 23.4. The van der Waals surface area contributed by atoms with E-state index in [4.69, 9.17) is 0 Å². The van der Waals surface area contributed by atoms with E-state index in [0.717, 1.165) is 11.8 Å². The summed E-state index contributed by atoms with van der Waals surface area (Å²) in [6, 6.07) is 13.8. The third kappa shape index (κ3) is 2.95. The Bertz CT molecular complexity index is 884. The smallest absolute Gasteiger partial charge is 0.254 e. The highest BCUT2D eigenvalue weighted by atomic mass is 32.2. The number of carbonyl (C=O) groups excluding carboxylic acids is 1. The Morgan fingerprint density at radius 1 is 1.12 bits per heavy atom. The number of β-amino-alcohol motifs (C(OH)–C–C–N with tert-alkyl or cyclic N) is 1. The average Bonchev–Trinajstić information content (AvgIpc) is 2.51. The zero-order valence-corrected chi connectivity index (χ0v) is 14.4. The first-order valence-corrected chi connectivity index (χ1v) is 9.48. The van der Waals surface area contributed by atoms with Crippen molar-refractivity contribution >= 4 is 15.7 Å². The van der Waals surface area contributed by atoms with Crippen LogP contribution in [0.5, 0.6) is 0 Å². The first kappa shape index (κ1) is 16.7. The maximum Gasteiger partial charge on any atom is 0.254 e. The highest BCUT2D eigenvalue weighted by Crippen LogP contribution is 2.33. The molecule has 0 aromatic heterocycles. The lowest BCUT2D eigenvalue weighted by molar-refractivity contribution is -0.0863. The third-order valence-electron chi connectivity index (χ3n) is 4.37. The highest BCUT2D eigenvalue weighted by molar-refractivity contribution is 7.90. The molecule has 2 aromatic rings. The Hall–Kier alpha value is -2.18. The van der Waals surface area contributed by atoms with Gasteiger partial charge in [0.25, 0.3) is 5.91 Å². The van der Waals surface area contributed by atoms with Gasteiger partial charge in [0, 0.05) is 11.8 Å². The van der Waals surface area contributed by atoms with Crippen LogP contribution in [-0.4, -0.2) is 43.7 Å². The number of nitrogens with zero attached hydrogens (tertiary/aromatic N) is 1. The molecule has 1 amide bonds. The number of hydrogen-bond acceptors (Lipinski definition) is 4. The minimum absolute atomic E-state index is 0.121. The molecule has 0 bridgehead atoms. The summed E-state index contributed by atoms with van der Waals surface area (Å²) >= 11 is 0. The molecule has 0 radical (unpaired) electrons. The minimum atomic E-state index is -3.38. The number of sulfone groups is 1. The molecule has 1 N–H and O–H groups in total. The van der Waals surface area contributed by atoms with Crippen LogP contribution in [0.25, 0.3) is 0 Å². The quantitative estimate of drug-likeness (QED) is 0.919. The average molecular weight is 345 g/mol. The van der Waals surface area contributed by atoms with Crippen molar-refractivity contribution in [1.29, 1.82) is 0 Å². The molecule has 0 unspecified atom stereocenters. The molecule has 1 aliphatic heterocycles. The van der Waals surface area contributed by atoms with Gasteiger partial charge in [-0.15, -0.1) is 0 Å². The summed E-state index contributed by atoms with van der Waals surface area (Å²) in [5.41, 5.74) is 0.797. The highest BCUT2D eigenvalue weighted by Gasteiger charge is 2.45. The van der Waals surface area contributed by atoms with E-state index in [1.807, 2.05) is 30.3 Å². The van der Waals surface area contributed by atoms with Gasteiger partial charge >= 0.3 is 0 Å². The Kier molecular flexibility index (Phi) is 3.97. The van der Waals surface area contributed by atoms with E-state index in [1.165, 1.54) is 17.0 Å². The topological polar surface area (TPSA) is 74.7 Å². The SMILES string of the molecule is Cc1ccc(S(C)(=O)=O)cc1C(=O)N1CC(O)(c2ccccc2)C1. The molecule has 3 rings (SSSR count). The number of aliphatic hydroxyl groups is 1. The van der Waals surface area contributed by atoms with Gasteiger partial charge in [0.15, 0.2) is 9.84 Å². The minimum Gasteiger partial charge on any atom is -0.381 e. The number of aryl methyl sites for hydroxylation is 1. The third-order valence-corrected chi connectivity index (χ3v) is 5.48. The van der Waals surface area contributed by atoms with Gasteiger partial charge in [0.1, 0.15) is 5.60 Å². The summed E-state index contributed by atoms with van der Waals surface area (Å²) in [6.45, 7) is 2.15. The van der Waals surface area contributed by atoms with Crippen LogP contribution in [0, 0.1) is 6.92 Å². The molecule has 1 saturated heterocycles. The summed E-state index contributed by atoms with van der Waals surface area (Å²) in [6.07, 6.45) is 1.11. The molecular weight excluding hydrogens is 326 g/mol. The summed E-state index contributed by atoms with van der Waals surface area (Å²) in [7, 11) is -3.38. The molecule has 0 atom stereocenters. The van der Waals surface area contributed by atoms with E-state index in [1.54, 1.807) is 13.0 Å². The number of amides is 1. The number of carbonyl (C=O) groups is 1. The second-order valence-corrected chi connectivity index (χ2v) is 8.32. The predicted octanol–water partition coefficient (Wildman–Crippen LogP) is 1.74. The number of rotatable bonds is 3. The largest absolute Gasteiger partial charge is 0.381 e. The fraction of sp³-hybridized carbons (Fsp3) is 0.278. The van der Waals surface area contributed by atoms with Crippen LogP contribution < -0.4 is 0 Å². The maximum atomic E-state index is 12.7. The van der Waals surface area contributed by atoms with Crippen LogP contribution >= 0.6 is 0 Å². The van der Waals surface area contributed by atoms with E-state index in [2.05, 4.69) is 0 Å². The first-order valence-electron chi connectivity index (χ1n) is 7.59. The second-order valence-electron chi connectivity index (χ2n) is 6.31. The van der Waals surface area contributed by atoms with Crippen LogP contribution in [0.15, 0.2) is 53.4 Å². The fourth-order valence-electron chi connectivity index (χ4n) is 2.89. The molecule has 1 heterocycles. The van der Waals surface area contributed by atoms with Crippen molar-refractivity contribution in [2.45, 2.75) is 17.4 Å². The predicted molar refractivity (Wildman–Crippen MR) is 90.5 cm³/mol. The monoisotopic (exact) mass is 345 g/mol. The van der Waals surface area contributed by atoms with Crippen molar-refractivity contribution in [2.24, 2.45) is 0 Å².